The lowest BCUT2D eigenvalue weighted by Gasteiger charge is -2.09. The van der Waals surface area contributed by atoms with Crippen LogP contribution >= 0.6 is 0 Å². The number of anilines is 1. The Morgan fingerprint density at radius 3 is 3.11 bits per heavy atom. The van der Waals surface area contributed by atoms with Crippen LogP contribution in [0.3, 0.4) is 0 Å². The molecule has 0 saturated carbocycles. The molecule has 0 atom stereocenters. The number of urea groups is 1. The van der Waals surface area contributed by atoms with Gasteiger partial charge in [-0.15, -0.1) is 0 Å². The summed E-state index contributed by atoms with van der Waals surface area (Å²) < 4.78 is 5.03. The number of hydrogen-bond acceptors (Lipinski definition) is 5. The Labute approximate surface area is 109 Å². The number of carbonyl (C=O) groups is 1. The van der Waals surface area contributed by atoms with E-state index in [4.69, 9.17) is 4.74 Å². The molecule has 19 heavy (non-hydrogen) atoms. The maximum atomic E-state index is 11.7. The lowest BCUT2D eigenvalue weighted by Crippen LogP contribution is -2.30. The molecule has 0 radical (unpaired) electrons. The Morgan fingerprint density at radius 1 is 1.47 bits per heavy atom. The van der Waals surface area contributed by atoms with Gasteiger partial charge >= 0.3 is 6.03 Å². The Balaban J connectivity index is 1.80. The number of H-pyrrole nitrogens is 1. The Morgan fingerprint density at radius 2 is 2.37 bits per heavy atom. The fourth-order valence-electron chi connectivity index (χ4n) is 1.46. The molecule has 0 aromatic carbocycles. The summed E-state index contributed by atoms with van der Waals surface area (Å²) in [7, 11) is 1.50. The average Bonchev–Trinajstić information content (AvgIpc) is 2.92. The highest BCUT2D eigenvalue weighted by molar-refractivity contribution is 5.90. The van der Waals surface area contributed by atoms with Gasteiger partial charge in [-0.2, -0.15) is 5.10 Å². The third kappa shape index (κ3) is 3.66. The van der Waals surface area contributed by atoms with Crippen molar-refractivity contribution in [2.45, 2.75) is 6.42 Å². The molecule has 0 fully saturated rings. The molecule has 2 rings (SSSR count). The van der Waals surface area contributed by atoms with Gasteiger partial charge < -0.3 is 15.4 Å². The van der Waals surface area contributed by atoms with Gasteiger partial charge in [0.05, 0.1) is 7.11 Å². The number of ether oxygens (including phenoxy) is 1. The number of amides is 2. The van der Waals surface area contributed by atoms with Crippen molar-refractivity contribution in [3.05, 3.63) is 30.5 Å². The van der Waals surface area contributed by atoms with Gasteiger partial charge in [-0.3, -0.25) is 5.10 Å². The number of carbonyl (C=O) groups excluding carboxylic acids is 1. The average molecular weight is 262 g/mol. The zero-order valence-corrected chi connectivity index (χ0v) is 10.4. The first kappa shape index (κ1) is 12.8. The van der Waals surface area contributed by atoms with Crippen molar-refractivity contribution in [3.63, 3.8) is 0 Å². The Bertz CT molecular complexity index is 528. The van der Waals surface area contributed by atoms with Crippen molar-refractivity contribution in [3.8, 4) is 5.88 Å². The predicted octanol–water partition coefficient (Wildman–Crippen LogP) is 0.573. The number of hydrogen-bond donors (Lipinski definition) is 3. The van der Waals surface area contributed by atoms with Gasteiger partial charge in [0.1, 0.15) is 17.8 Å². The molecule has 0 aliphatic carbocycles. The number of nitrogens with one attached hydrogen (secondary N) is 3. The Kier molecular flexibility index (Phi) is 4.27. The fourth-order valence-corrected chi connectivity index (χ4v) is 1.46. The topological polar surface area (TPSA) is 105 Å². The van der Waals surface area contributed by atoms with E-state index in [2.05, 4.69) is 30.8 Å². The second-order valence-corrected chi connectivity index (χ2v) is 3.62. The molecule has 0 spiro atoms. The molecular weight excluding hydrogens is 248 g/mol. The van der Waals surface area contributed by atoms with E-state index in [9.17, 15) is 4.79 Å². The van der Waals surface area contributed by atoms with Gasteiger partial charge in [0.25, 0.3) is 0 Å². The molecule has 2 amide bonds. The lowest BCUT2D eigenvalue weighted by atomic mass is 10.4. The van der Waals surface area contributed by atoms with E-state index < -0.39 is 0 Å². The van der Waals surface area contributed by atoms with Crippen molar-refractivity contribution in [2.24, 2.45) is 0 Å². The standard InChI is InChI=1S/C11H14N6O2/c1-19-10-8(3-2-5-12-10)16-11(18)13-6-4-9-14-7-15-17-9/h2-3,5,7H,4,6H2,1H3,(H2,13,16,18)(H,14,15,17). The monoisotopic (exact) mass is 262 g/mol. The van der Waals surface area contributed by atoms with Crippen LogP contribution in [0.15, 0.2) is 24.7 Å². The number of nitrogens with zero attached hydrogens (tertiary/aromatic N) is 3. The van der Waals surface area contributed by atoms with Crippen molar-refractivity contribution in [1.29, 1.82) is 0 Å². The fraction of sp³-hybridized carbons (Fsp3) is 0.273. The normalized spacial score (nSPS) is 9.95. The third-order valence-electron chi connectivity index (χ3n) is 2.32. The molecule has 2 aromatic heterocycles. The van der Waals surface area contributed by atoms with Crippen molar-refractivity contribution >= 4 is 11.7 Å². The summed E-state index contributed by atoms with van der Waals surface area (Å²) in [6, 6.07) is 3.10. The minimum Gasteiger partial charge on any atom is -0.480 e. The van der Waals surface area contributed by atoms with Crippen molar-refractivity contribution < 1.29 is 9.53 Å². The molecule has 0 unspecified atom stereocenters. The first-order valence-corrected chi connectivity index (χ1v) is 5.67. The molecule has 0 saturated heterocycles. The molecular formula is C11H14N6O2. The highest BCUT2D eigenvalue weighted by Crippen LogP contribution is 2.19. The van der Waals surface area contributed by atoms with Crippen LogP contribution < -0.4 is 15.4 Å². The van der Waals surface area contributed by atoms with Crippen LogP contribution in [0.4, 0.5) is 10.5 Å². The van der Waals surface area contributed by atoms with E-state index in [1.54, 1.807) is 18.3 Å². The summed E-state index contributed by atoms with van der Waals surface area (Å²) in [4.78, 5) is 19.6. The highest BCUT2D eigenvalue weighted by Gasteiger charge is 2.07. The van der Waals surface area contributed by atoms with Crippen molar-refractivity contribution in [1.82, 2.24) is 25.5 Å². The molecule has 100 valence electrons. The van der Waals surface area contributed by atoms with E-state index in [0.29, 0.717) is 24.5 Å². The van der Waals surface area contributed by atoms with E-state index in [1.165, 1.54) is 13.4 Å². The van der Waals surface area contributed by atoms with Gasteiger partial charge in [-0.05, 0) is 12.1 Å². The third-order valence-corrected chi connectivity index (χ3v) is 2.32. The summed E-state index contributed by atoms with van der Waals surface area (Å²) >= 11 is 0. The molecule has 0 aliphatic rings. The lowest BCUT2D eigenvalue weighted by molar-refractivity contribution is 0.252. The molecule has 8 heteroatoms. The van der Waals surface area contributed by atoms with E-state index in [-0.39, 0.29) is 6.03 Å². The summed E-state index contributed by atoms with van der Waals surface area (Å²) in [5, 5.41) is 11.8. The number of aromatic nitrogens is 4. The van der Waals surface area contributed by atoms with Crippen LogP contribution in [0, 0.1) is 0 Å². The predicted molar refractivity (Wildman–Crippen MR) is 67.9 cm³/mol. The SMILES string of the molecule is COc1ncccc1NC(=O)NCCc1ncn[nH]1. The van der Waals surface area contributed by atoms with Crippen LogP contribution in [-0.2, 0) is 6.42 Å². The van der Waals surface area contributed by atoms with Crippen LogP contribution in [0.1, 0.15) is 5.82 Å². The maximum absolute atomic E-state index is 11.7. The summed E-state index contributed by atoms with van der Waals surface area (Å²) in [6.07, 6.45) is 3.60. The molecule has 2 heterocycles. The van der Waals surface area contributed by atoms with Gasteiger partial charge in [-0.1, -0.05) is 0 Å². The first-order valence-electron chi connectivity index (χ1n) is 5.67. The van der Waals surface area contributed by atoms with Gasteiger partial charge in [0, 0.05) is 19.2 Å². The van der Waals surface area contributed by atoms with Crippen molar-refractivity contribution in [2.75, 3.05) is 19.0 Å². The smallest absolute Gasteiger partial charge is 0.319 e. The van der Waals surface area contributed by atoms with E-state index in [0.717, 1.165) is 5.82 Å². The number of rotatable bonds is 5. The molecule has 3 N–H and O–H groups in total. The summed E-state index contributed by atoms with van der Waals surface area (Å²) in [6.45, 7) is 0.448. The molecule has 0 bridgehead atoms. The number of pyridine rings is 1. The summed E-state index contributed by atoms with van der Waals surface area (Å²) in [5.74, 6) is 1.09. The second kappa shape index (κ2) is 6.34. The van der Waals surface area contributed by atoms with E-state index in [1.807, 2.05) is 0 Å². The zero-order chi connectivity index (χ0) is 13.5. The zero-order valence-electron chi connectivity index (χ0n) is 10.4. The quantitative estimate of drug-likeness (QED) is 0.730. The number of methoxy groups -OCH3 is 1. The highest BCUT2D eigenvalue weighted by atomic mass is 16.5. The van der Waals surface area contributed by atoms with Crippen LogP contribution in [0.25, 0.3) is 0 Å². The molecule has 0 aliphatic heterocycles. The largest absolute Gasteiger partial charge is 0.480 e. The maximum Gasteiger partial charge on any atom is 0.319 e. The molecule has 2 aromatic rings. The van der Waals surface area contributed by atoms with E-state index >= 15 is 0 Å². The van der Waals surface area contributed by atoms with Crippen LogP contribution in [0.5, 0.6) is 5.88 Å². The minimum absolute atomic E-state index is 0.328. The second-order valence-electron chi connectivity index (χ2n) is 3.62. The van der Waals surface area contributed by atoms with Gasteiger partial charge in [-0.25, -0.2) is 14.8 Å². The van der Waals surface area contributed by atoms with Gasteiger partial charge in [0.15, 0.2) is 0 Å². The Hall–Kier alpha value is -2.64. The summed E-state index contributed by atoms with van der Waals surface area (Å²) in [5.41, 5.74) is 0.516. The van der Waals surface area contributed by atoms with Gasteiger partial charge in [0.2, 0.25) is 5.88 Å². The first-order chi connectivity index (χ1) is 9.29. The minimum atomic E-state index is -0.328. The van der Waals surface area contributed by atoms with Crippen LogP contribution in [0.2, 0.25) is 0 Å². The van der Waals surface area contributed by atoms with Crippen LogP contribution in [-0.4, -0.2) is 39.9 Å². The molecule has 8 nitrogen and oxygen atoms in total. The number of aromatic amines is 1.